The third kappa shape index (κ3) is 9.81. The maximum atomic E-state index is 3.58. The van der Waals surface area contributed by atoms with Gasteiger partial charge in [-0.2, -0.15) is 0 Å². The summed E-state index contributed by atoms with van der Waals surface area (Å²) in [6.07, 6.45) is 0. The van der Waals surface area contributed by atoms with Crippen LogP contribution in [-0.2, 0) is 0 Å². The quantitative estimate of drug-likeness (QED) is 0.277. The summed E-state index contributed by atoms with van der Waals surface area (Å²) in [5.41, 5.74) is 3.58. The van der Waals surface area contributed by atoms with Gasteiger partial charge in [-0.05, 0) is 0 Å². The van der Waals surface area contributed by atoms with Crippen molar-refractivity contribution in [2.45, 2.75) is 30.3 Å². The van der Waals surface area contributed by atoms with Crippen LogP contribution in [0.1, 0.15) is 0 Å². The van der Waals surface area contributed by atoms with E-state index in [0.29, 0.717) is 29.9 Å². The van der Waals surface area contributed by atoms with Crippen LogP contribution < -0.4 is 8.92 Å². The molecule has 0 spiro atoms. The minimum atomic E-state index is -1.29. The first-order valence-electron chi connectivity index (χ1n) is 9.56. The molecule has 0 aromatic heterocycles. The molecule has 0 fully saturated rings. The van der Waals surface area contributed by atoms with Gasteiger partial charge in [0, 0.05) is 0 Å². The predicted octanol–water partition coefficient (Wildman–Crippen LogP) is 3.21. The van der Waals surface area contributed by atoms with Crippen LogP contribution in [0.3, 0.4) is 0 Å². The predicted molar refractivity (Wildman–Crippen MR) is 125 cm³/mol. The molecule has 144 valence electrons. The van der Waals surface area contributed by atoms with Gasteiger partial charge in [-0.15, -0.1) is 0 Å². The molecule has 0 amide bonds. The molecule has 0 heterocycles. The van der Waals surface area contributed by atoms with E-state index >= 15 is 0 Å². The van der Waals surface area contributed by atoms with Gasteiger partial charge in [0.2, 0.25) is 0 Å². The Morgan fingerprint density at radius 2 is 1.22 bits per heavy atom. The molecule has 2 rings (SSSR count). The second-order valence-corrected chi connectivity index (χ2v) is 17.8. The van der Waals surface area contributed by atoms with Crippen LogP contribution in [0, 0.1) is 11.5 Å². The van der Waals surface area contributed by atoms with E-state index in [0.717, 1.165) is 11.0 Å². The fourth-order valence-electron chi connectivity index (χ4n) is 2.57. The van der Waals surface area contributed by atoms with E-state index in [1.807, 2.05) is 0 Å². The Hall–Kier alpha value is -0.784. The van der Waals surface area contributed by atoms with Gasteiger partial charge in [0.05, 0.1) is 0 Å². The van der Waals surface area contributed by atoms with Crippen LogP contribution in [0.5, 0.6) is 0 Å². The van der Waals surface area contributed by atoms with Crippen molar-refractivity contribution in [3.8, 4) is 11.5 Å². The molecule has 0 bridgehead atoms. The first-order valence-corrected chi connectivity index (χ1v) is 17.2. The van der Waals surface area contributed by atoms with Crippen molar-refractivity contribution in [3.05, 3.63) is 60.7 Å². The number of benzene rings is 2. The molecular formula is C23H32NSe2Si+. The normalized spacial score (nSPS) is 11.7. The number of hydrogen-bond acceptors (Lipinski definition) is 0. The zero-order valence-electron chi connectivity index (χ0n) is 17.1. The molecular weight excluding hydrogens is 476 g/mol. The molecule has 0 aliphatic rings. The second-order valence-electron chi connectivity index (χ2n) is 8.10. The van der Waals surface area contributed by atoms with Crippen LogP contribution >= 0.6 is 0 Å². The standard InChI is InChI=1S/C23H32NSe2Si/c1-24(16-11-21-27(2,3)4,17-19-25-22-12-7-5-8-13-22)18-20-26-23-14-9-6-10-15-23/h5-10,12-15H,16-20H2,1-4H3/q+1. The topological polar surface area (TPSA) is 0 Å². The summed E-state index contributed by atoms with van der Waals surface area (Å²) in [6, 6.07) is 21.9. The van der Waals surface area contributed by atoms with Gasteiger partial charge in [0.15, 0.2) is 0 Å². The van der Waals surface area contributed by atoms with Gasteiger partial charge in [0.25, 0.3) is 0 Å². The third-order valence-corrected chi connectivity index (χ3v) is 9.30. The summed E-state index contributed by atoms with van der Waals surface area (Å²) in [5.74, 6) is 3.56. The van der Waals surface area contributed by atoms with Gasteiger partial charge in [-0.25, -0.2) is 0 Å². The Morgan fingerprint density at radius 1 is 0.778 bits per heavy atom. The van der Waals surface area contributed by atoms with Gasteiger partial charge in [-0.1, -0.05) is 0 Å². The van der Waals surface area contributed by atoms with E-state index in [2.05, 4.69) is 98.8 Å². The van der Waals surface area contributed by atoms with Crippen LogP contribution in [0.15, 0.2) is 60.7 Å². The zero-order valence-corrected chi connectivity index (χ0v) is 21.5. The number of hydrogen-bond donors (Lipinski definition) is 0. The van der Waals surface area contributed by atoms with Crippen molar-refractivity contribution < 1.29 is 4.48 Å². The average Bonchev–Trinajstić information content (AvgIpc) is 2.62. The molecule has 1 nitrogen and oxygen atoms in total. The summed E-state index contributed by atoms with van der Waals surface area (Å²) >= 11 is 1.13. The van der Waals surface area contributed by atoms with Crippen LogP contribution in [0.2, 0.25) is 30.3 Å². The second kappa shape index (κ2) is 11.3. The molecule has 0 aliphatic carbocycles. The number of quaternary nitrogens is 1. The van der Waals surface area contributed by atoms with E-state index in [1.165, 1.54) is 32.7 Å². The molecule has 2 aromatic carbocycles. The molecule has 2 aromatic rings. The average molecular weight is 509 g/mol. The Bertz CT molecular complexity index is 684. The van der Waals surface area contributed by atoms with E-state index in [4.69, 9.17) is 0 Å². The fourth-order valence-corrected chi connectivity index (χ4v) is 7.86. The molecule has 0 aliphatic heterocycles. The van der Waals surface area contributed by atoms with Gasteiger partial charge in [-0.3, -0.25) is 0 Å². The SMILES string of the molecule is C[N+](CC#C[Si](C)(C)C)(CC[Se]c1ccccc1)CC[Se]c1ccccc1. The van der Waals surface area contributed by atoms with E-state index in [9.17, 15) is 0 Å². The van der Waals surface area contributed by atoms with Crippen molar-refractivity contribution >= 4 is 46.9 Å². The Balaban J connectivity index is 1.92. The van der Waals surface area contributed by atoms with Gasteiger partial charge in [0.1, 0.15) is 0 Å². The molecule has 0 N–H and O–H groups in total. The summed E-state index contributed by atoms with van der Waals surface area (Å²) in [4.78, 5) is 0. The minimum absolute atomic E-state index is 0.567. The Morgan fingerprint density at radius 3 is 1.63 bits per heavy atom. The first-order chi connectivity index (χ1) is 12.9. The molecule has 0 unspecified atom stereocenters. The van der Waals surface area contributed by atoms with Crippen LogP contribution in [-0.4, -0.2) is 69.2 Å². The zero-order chi connectivity index (χ0) is 19.6. The molecule has 0 saturated carbocycles. The van der Waals surface area contributed by atoms with Crippen LogP contribution in [0.4, 0.5) is 0 Å². The third-order valence-electron chi connectivity index (χ3n) is 4.21. The summed E-state index contributed by atoms with van der Waals surface area (Å²) in [6.45, 7) is 10.5. The number of nitrogens with zero attached hydrogens (tertiary/aromatic N) is 1. The van der Waals surface area contributed by atoms with Gasteiger partial charge < -0.3 is 0 Å². The Kier molecular flexibility index (Phi) is 9.40. The van der Waals surface area contributed by atoms with Crippen molar-refractivity contribution in [3.63, 3.8) is 0 Å². The molecule has 27 heavy (non-hydrogen) atoms. The van der Waals surface area contributed by atoms with Crippen molar-refractivity contribution in [2.24, 2.45) is 0 Å². The van der Waals surface area contributed by atoms with Crippen molar-refractivity contribution in [1.82, 2.24) is 0 Å². The fraction of sp³-hybridized carbons (Fsp3) is 0.391. The molecule has 0 radical (unpaired) electrons. The van der Waals surface area contributed by atoms with Crippen molar-refractivity contribution in [2.75, 3.05) is 26.7 Å². The Labute approximate surface area is 179 Å². The number of rotatable bonds is 9. The monoisotopic (exact) mass is 510 g/mol. The van der Waals surface area contributed by atoms with E-state index in [1.54, 1.807) is 0 Å². The van der Waals surface area contributed by atoms with Crippen LogP contribution in [0.25, 0.3) is 0 Å². The van der Waals surface area contributed by atoms with Crippen molar-refractivity contribution in [1.29, 1.82) is 0 Å². The molecule has 0 saturated heterocycles. The summed E-state index contributed by atoms with van der Waals surface area (Å²) in [7, 11) is 1.13. The van der Waals surface area contributed by atoms with Gasteiger partial charge >= 0.3 is 180 Å². The molecule has 0 atom stereocenters. The van der Waals surface area contributed by atoms with E-state index < -0.39 is 8.07 Å². The molecule has 4 heteroatoms. The summed E-state index contributed by atoms with van der Waals surface area (Å²) in [5, 5.41) is 2.58. The summed E-state index contributed by atoms with van der Waals surface area (Å²) < 4.78 is 4.12. The maximum absolute atomic E-state index is 3.58. The first kappa shape index (κ1) is 22.5. The van der Waals surface area contributed by atoms with E-state index in [-0.39, 0.29) is 0 Å².